The van der Waals surface area contributed by atoms with E-state index in [1.54, 1.807) is 12.1 Å². The summed E-state index contributed by atoms with van der Waals surface area (Å²) in [5, 5.41) is 12.3. The van der Waals surface area contributed by atoms with Crippen LogP contribution in [0.2, 0.25) is 10.0 Å². The van der Waals surface area contributed by atoms with Gasteiger partial charge in [0.1, 0.15) is 0 Å². The van der Waals surface area contributed by atoms with Crippen molar-refractivity contribution in [3.63, 3.8) is 0 Å². The summed E-state index contributed by atoms with van der Waals surface area (Å²) in [6.07, 6.45) is 1.53. The summed E-state index contributed by atoms with van der Waals surface area (Å²) < 4.78 is 5.24. The highest BCUT2D eigenvalue weighted by atomic mass is 35.5. The maximum Gasteiger partial charge on any atom is 0.354 e. The lowest BCUT2D eigenvalue weighted by molar-refractivity contribution is 0.0685. The number of carboxylic acid groups (broad SMARTS) is 1. The van der Waals surface area contributed by atoms with Crippen molar-refractivity contribution in [2.45, 2.75) is 6.61 Å². The second-order valence-corrected chi connectivity index (χ2v) is 6.97. The number of methoxy groups -OCH3 is 1. The Morgan fingerprint density at radius 2 is 2.00 bits per heavy atom. The molecule has 0 fully saturated rings. The molecule has 5 nitrogen and oxygen atoms in total. The third-order valence-corrected chi connectivity index (χ3v) is 5.02. The average molecular weight is 401 g/mol. The van der Waals surface area contributed by atoms with Gasteiger partial charge in [-0.15, -0.1) is 0 Å². The second-order valence-electron chi connectivity index (χ2n) is 6.12. The minimum absolute atomic E-state index is 0.0137. The van der Waals surface area contributed by atoms with Crippen LogP contribution in [0.4, 0.5) is 0 Å². The molecule has 0 bridgehead atoms. The summed E-state index contributed by atoms with van der Waals surface area (Å²) in [5.74, 6) is -1.09. The molecule has 0 unspecified atom stereocenters. The van der Waals surface area contributed by atoms with E-state index in [0.29, 0.717) is 15.6 Å². The number of hydrogen-bond donors (Lipinski definition) is 2. The number of aromatic carboxylic acids is 1. The Bertz CT molecular complexity index is 1200. The van der Waals surface area contributed by atoms with Gasteiger partial charge in [-0.3, -0.25) is 0 Å². The molecule has 4 aromatic rings. The quantitative estimate of drug-likeness (QED) is 0.471. The van der Waals surface area contributed by atoms with E-state index in [4.69, 9.17) is 27.9 Å². The maximum absolute atomic E-state index is 11.6. The highest BCUT2D eigenvalue weighted by Gasteiger charge is 2.19. The number of nitrogens with zero attached hydrogens (tertiary/aromatic N) is 1. The summed E-state index contributed by atoms with van der Waals surface area (Å²) in [6, 6.07) is 11.2. The molecular weight excluding hydrogens is 387 g/mol. The third-order valence-electron chi connectivity index (χ3n) is 4.47. The molecule has 27 heavy (non-hydrogen) atoms. The number of pyridine rings is 1. The van der Waals surface area contributed by atoms with E-state index in [9.17, 15) is 9.90 Å². The molecule has 2 aromatic heterocycles. The van der Waals surface area contributed by atoms with Crippen molar-refractivity contribution in [2.24, 2.45) is 0 Å². The fourth-order valence-corrected chi connectivity index (χ4v) is 3.84. The second kappa shape index (κ2) is 6.85. The van der Waals surface area contributed by atoms with Crippen LogP contribution in [0.1, 0.15) is 16.1 Å². The van der Waals surface area contributed by atoms with Gasteiger partial charge in [-0.25, -0.2) is 9.78 Å². The van der Waals surface area contributed by atoms with Gasteiger partial charge in [-0.1, -0.05) is 35.3 Å². The monoisotopic (exact) mass is 400 g/mol. The lowest BCUT2D eigenvalue weighted by Crippen LogP contribution is -2.07. The summed E-state index contributed by atoms with van der Waals surface area (Å²) in [4.78, 5) is 19.0. The lowest BCUT2D eigenvalue weighted by atomic mass is 10.0. The number of aromatic amines is 1. The molecular formula is C20H14Cl2N2O3. The van der Waals surface area contributed by atoms with Crippen LogP contribution in [0, 0.1) is 0 Å². The van der Waals surface area contributed by atoms with E-state index in [-0.39, 0.29) is 12.3 Å². The summed E-state index contributed by atoms with van der Waals surface area (Å²) in [6.45, 7) is 0.144. The van der Waals surface area contributed by atoms with Gasteiger partial charge in [0, 0.05) is 44.6 Å². The molecule has 0 spiro atoms. The van der Waals surface area contributed by atoms with Gasteiger partial charge in [0.05, 0.1) is 18.3 Å². The molecule has 0 saturated heterocycles. The molecule has 0 saturated carbocycles. The van der Waals surface area contributed by atoms with Crippen LogP contribution in [0.5, 0.6) is 0 Å². The Morgan fingerprint density at radius 3 is 2.70 bits per heavy atom. The lowest BCUT2D eigenvalue weighted by Gasteiger charge is -2.08. The van der Waals surface area contributed by atoms with Crippen molar-refractivity contribution in [1.82, 2.24) is 9.97 Å². The zero-order chi connectivity index (χ0) is 19.1. The van der Waals surface area contributed by atoms with E-state index in [1.807, 2.05) is 24.3 Å². The van der Waals surface area contributed by atoms with Crippen molar-refractivity contribution < 1.29 is 14.6 Å². The molecule has 2 heterocycles. The third kappa shape index (κ3) is 3.04. The Morgan fingerprint density at radius 1 is 1.19 bits per heavy atom. The van der Waals surface area contributed by atoms with Gasteiger partial charge in [0.25, 0.3) is 0 Å². The number of aromatic nitrogens is 2. The number of hydrogen-bond acceptors (Lipinski definition) is 3. The van der Waals surface area contributed by atoms with E-state index in [1.165, 1.54) is 13.3 Å². The van der Waals surface area contributed by atoms with Crippen molar-refractivity contribution in [3.05, 3.63) is 63.9 Å². The first-order valence-corrected chi connectivity index (χ1v) is 8.86. The van der Waals surface area contributed by atoms with E-state index >= 15 is 0 Å². The SMILES string of the molecule is COCc1c(C(=O)O)ncc2[nH]c3ccc(-c4ccc(Cl)cc4Cl)cc3c12. The average Bonchev–Trinajstić information content (AvgIpc) is 3.00. The molecule has 0 aliphatic heterocycles. The highest BCUT2D eigenvalue weighted by molar-refractivity contribution is 6.36. The fraction of sp³-hybridized carbons (Fsp3) is 0.100. The van der Waals surface area contributed by atoms with E-state index in [0.717, 1.165) is 32.9 Å². The first-order chi connectivity index (χ1) is 13.0. The zero-order valence-electron chi connectivity index (χ0n) is 14.2. The molecule has 0 amide bonds. The smallest absolute Gasteiger partial charge is 0.354 e. The molecule has 4 rings (SSSR count). The van der Waals surface area contributed by atoms with Gasteiger partial charge in [0.2, 0.25) is 0 Å². The van der Waals surface area contributed by atoms with Crippen LogP contribution in [0.3, 0.4) is 0 Å². The van der Waals surface area contributed by atoms with Crippen LogP contribution in [-0.4, -0.2) is 28.2 Å². The molecule has 7 heteroatoms. The van der Waals surface area contributed by atoms with Crippen LogP contribution in [-0.2, 0) is 11.3 Å². The molecule has 0 aliphatic carbocycles. The van der Waals surface area contributed by atoms with Gasteiger partial charge in [-0.05, 0) is 29.8 Å². The fourth-order valence-electron chi connectivity index (χ4n) is 3.32. The number of carbonyl (C=O) groups is 1. The number of rotatable bonds is 4. The Labute approximate surface area is 164 Å². The van der Waals surface area contributed by atoms with Crippen molar-refractivity contribution in [1.29, 1.82) is 0 Å². The van der Waals surface area contributed by atoms with Gasteiger partial charge < -0.3 is 14.8 Å². The molecule has 0 aliphatic rings. The Kier molecular flexibility index (Phi) is 4.52. The molecule has 0 atom stereocenters. The van der Waals surface area contributed by atoms with Crippen molar-refractivity contribution >= 4 is 51.0 Å². The highest BCUT2D eigenvalue weighted by Crippen LogP contribution is 2.36. The largest absolute Gasteiger partial charge is 0.477 e. The summed E-state index contributed by atoms with van der Waals surface area (Å²) in [7, 11) is 1.53. The number of ether oxygens (including phenoxy) is 1. The number of fused-ring (bicyclic) bond motifs is 3. The summed E-state index contributed by atoms with van der Waals surface area (Å²) in [5.41, 5.74) is 3.90. The Balaban J connectivity index is 2.03. The minimum atomic E-state index is -1.09. The van der Waals surface area contributed by atoms with Crippen molar-refractivity contribution in [3.8, 4) is 11.1 Å². The van der Waals surface area contributed by atoms with Crippen molar-refractivity contribution in [2.75, 3.05) is 7.11 Å². The molecule has 0 radical (unpaired) electrons. The predicted molar refractivity (Wildman–Crippen MR) is 107 cm³/mol. The minimum Gasteiger partial charge on any atom is -0.477 e. The first-order valence-electron chi connectivity index (χ1n) is 8.10. The van der Waals surface area contributed by atoms with Crippen LogP contribution in [0.25, 0.3) is 32.9 Å². The summed E-state index contributed by atoms with van der Waals surface area (Å²) >= 11 is 12.4. The van der Waals surface area contributed by atoms with Crippen LogP contribution < -0.4 is 0 Å². The van der Waals surface area contributed by atoms with Crippen LogP contribution >= 0.6 is 23.2 Å². The van der Waals surface area contributed by atoms with Gasteiger partial charge in [0.15, 0.2) is 5.69 Å². The maximum atomic E-state index is 11.6. The number of benzene rings is 2. The zero-order valence-corrected chi connectivity index (χ0v) is 15.7. The number of carboxylic acids is 1. The van der Waals surface area contributed by atoms with Gasteiger partial charge >= 0.3 is 5.97 Å². The number of nitrogens with one attached hydrogen (secondary N) is 1. The number of H-pyrrole nitrogens is 1. The van der Waals surface area contributed by atoms with Crippen LogP contribution in [0.15, 0.2) is 42.6 Å². The normalized spacial score (nSPS) is 11.4. The standard InChI is InChI=1S/C20H14Cl2N2O3/c1-27-9-14-18-13-6-10(12-4-3-11(21)7-15(12)22)2-5-16(13)24-17(18)8-23-19(14)20(25)26/h2-8,24H,9H2,1H3,(H,25,26). The predicted octanol–water partition coefficient (Wildman–Crippen LogP) is 5.53. The van der Waals surface area contributed by atoms with E-state index in [2.05, 4.69) is 9.97 Å². The topological polar surface area (TPSA) is 75.2 Å². The Hall–Kier alpha value is -2.60. The van der Waals surface area contributed by atoms with Gasteiger partial charge in [-0.2, -0.15) is 0 Å². The first kappa shape index (κ1) is 17.8. The molecule has 2 aromatic carbocycles. The molecule has 136 valence electrons. The molecule has 2 N–H and O–H groups in total. The van der Waals surface area contributed by atoms with E-state index < -0.39 is 5.97 Å². The number of halogens is 2.